The van der Waals surface area contributed by atoms with Crippen LogP contribution in [0.25, 0.3) is 0 Å². The number of hydrogen-bond acceptors (Lipinski definition) is 5. The largest absolute Gasteiger partial charge is 3.00 e. The van der Waals surface area contributed by atoms with Crippen molar-refractivity contribution in [2.75, 3.05) is 0 Å². The van der Waals surface area contributed by atoms with Gasteiger partial charge in [0.1, 0.15) is 0 Å². The van der Waals surface area contributed by atoms with Crippen molar-refractivity contribution >= 4 is 23.3 Å². The van der Waals surface area contributed by atoms with E-state index in [0.717, 1.165) is 12.1 Å². The summed E-state index contributed by atoms with van der Waals surface area (Å²) in [7, 11) is 0. The Morgan fingerprint density at radius 3 is 1.79 bits per heavy atom. The van der Waals surface area contributed by atoms with Gasteiger partial charge in [-0.1, -0.05) is 0 Å². The number of rotatable bonds is 1. The van der Waals surface area contributed by atoms with Crippen LogP contribution in [0.1, 0.15) is 10.4 Å². The molecule has 1 rings (SSSR count). The van der Waals surface area contributed by atoms with Crippen LogP contribution in [0.15, 0.2) is 12.1 Å². The minimum absolute atomic E-state index is 0. The fourth-order valence-corrected chi connectivity index (χ4v) is 0.722. The topological polar surface area (TPSA) is 101 Å². The first-order valence-electron chi connectivity index (χ1n) is 2.98. The third kappa shape index (κ3) is 3.17. The second-order valence-corrected chi connectivity index (χ2v) is 2.15. The third-order valence-corrected chi connectivity index (χ3v) is 1.31. The van der Waals surface area contributed by atoms with E-state index in [1.165, 1.54) is 0 Å². The minimum atomic E-state index is -1.54. The van der Waals surface area contributed by atoms with Gasteiger partial charge in [0.15, 0.2) is 17.2 Å². The van der Waals surface area contributed by atoms with E-state index in [1.54, 1.807) is 0 Å². The summed E-state index contributed by atoms with van der Waals surface area (Å²) in [6, 6.07) is 1.56. The van der Waals surface area contributed by atoms with Crippen molar-refractivity contribution in [3.05, 3.63) is 17.7 Å². The van der Waals surface area contributed by atoms with Crippen LogP contribution in [0.4, 0.5) is 0 Å². The van der Waals surface area contributed by atoms with Crippen LogP contribution < -0.4 is 24.0 Å². The molecule has 0 aliphatic carbocycles. The maximum absolute atomic E-state index is 10.2. The molecule has 5 nitrogen and oxygen atoms in total. The number of aromatic carboxylic acids is 1. The van der Waals surface area contributed by atoms with Crippen molar-refractivity contribution in [1.29, 1.82) is 0 Å². The Balaban J connectivity index is 0. The van der Waals surface area contributed by atoms with Crippen LogP contribution in [-0.4, -0.2) is 38.6 Å². The summed E-state index contributed by atoms with van der Waals surface area (Å²) in [5.74, 6) is -3.69. The predicted molar refractivity (Wildman–Crippen MR) is 41.5 cm³/mol. The molecule has 0 heterocycles. The van der Waals surface area contributed by atoms with Crippen molar-refractivity contribution < 1.29 is 44.1 Å². The fourth-order valence-electron chi connectivity index (χ4n) is 0.722. The Hall–Kier alpha value is -0.780. The van der Waals surface area contributed by atoms with E-state index in [0.29, 0.717) is 0 Å². The second-order valence-electron chi connectivity index (χ2n) is 2.15. The average molecular weight is 203 g/mol. The molecule has 3 N–H and O–H groups in total. The van der Waals surface area contributed by atoms with Gasteiger partial charge in [0.05, 0.1) is 5.97 Å². The molecule has 0 atom stereocenters. The number of carboxylic acid groups (broad SMARTS) is 1. The Morgan fingerprint density at radius 2 is 1.50 bits per heavy atom. The molecule has 7 heteroatoms. The van der Waals surface area contributed by atoms with Gasteiger partial charge in [-0.2, -0.15) is 0 Å². The van der Waals surface area contributed by atoms with Gasteiger partial charge in [-0.15, -0.1) is 0 Å². The minimum Gasteiger partial charge on any atom is -0.545 e. The first-order chi connectivity index (χ1) is 5.52. The molecule has 0 saturated heterocycles. The molecule has 0 aliphatic rings. The molecule has 1 aromatic carbocycles. The first kappa shape index (κ1) is 15.7. The van der Waals surface area contributed by atoms with E-state index in [1.807, 2.05) is 0 Å². The van der Waals surface area contributed by atoms with E-state index >= 15 is 0 Å². The summed E-state index contributed by atoms with van der Waals surface area (Å²) >= 11 is 0. The third-order valence-electron chi connectivity index (χ3n) is 1.31. The Morgan fingerprint density at radius 1 is 1.14 bits per heavy atom. The number of benzene rings is 1. The summed E-state index contributed by atoms with van der Waals surface area (Å²) in [5, 5.41) is 36.7. The van der Waals surface area contributed by atoms with Crippen LogP contribution in [0.3, 0.4) is 0 Å². The zero-order valence-corrected chi connectivity index (χ0v) is 8.54. The number of carboxylic acids is 1. The Bertz CT molecular complexity index is 318. The van der Waals surface area contributed by atoms with Crippen LogP contribution in [0, 0.1) is 0 Å². The molecule has 0 saturated carbocycles. The maximum Gasteiger partial charge on any atom is 3.00 e. The van der Waals surface area contributed by atoms with Gasteiger partial charge in [0, 0.05) is 5.56 Å². The molecule has 0 amide bonds. The van der Waals surface area contributed by atoms with Gasteiger partial charge in [0.25, 0.3) is 0 Å². The summed E-state index contributed by atoms with van der Waals surface area (Å²) in [4.78, 5) is 10.2. The van der Waals surface area contributed by atoms with Crippen molar-refractivity contribution in [1.82, 2.24) is 0 Å². The van der Waals surface area contributed by atoms with Crippen molar-refractivity contribution in [3.63, 3.8) is 0 Å². The van der Waals surface area contributed by atoms with Gasteiger partial charge < -0.3 is 25.2 Å². The SMILES string of the molecule is O=C([O-])c1cc(O)c(O)c(O)c1.[Al+3].[Li+]. The zero-order valence-electron chi connectivity index (χ0n) is 7.39. The molecule has 14 heavy (non-hydrogen) atoms. The summed E-state index contributed by atoms with van der Waals surface area (Å²) in [6.45, 7) is 0. The fraction of sp³-hybridized carbons (Fsp3) is 0. The molecule has 0 aliphatic heterocycles. The molecular weight excluding hydrogens is 198 g/mol. The van der Waals surface area contributed by atoms with Crippen molar-refractivity contribution in [2.24, 2.45) is 0 Å². The van der Waals surface area contributed by atoms with Crippen molar-refractivity contribution in [3.8, 4) is 17.2 Å². The van der Waals surface area contributed by atoms with Gasteiger partial charge in [-0.05, 0) is 12.1 Å². The summed E-state index contributed by atoms with van der Waals surface area (Å²) in [5.41, 5.74) is -0.400. The number of aromatic hydroxyl groups is 3. The molecule has 64 valence electrons. The zero-order chi connectivity index (χ0) is 9.30. The van der Waals surface area contributed by atoms with Gasteiger partial charge >= 0.3 is 36.2 Å². The standard InChI is InChI=1S/C7H6O5.Al.Li/c8-4-1-3(7(11)12)2-5(9)6(4)10;;/h1-2,8-10H,(H,11,12);;/q;+3;+1/p-1. The van der Waals surface area contributed by atoms with Gasteiger partial charge in [-0.25, -0.2) is 0 Å². The van der Waals surface area contributed by atoms with Crippen LogP contribution in [-0.2, 0) is 0 Å². The maximum atomic E-state index is 10.2. The quantitative estimate of drug-likeness (QED) is 0.317. The summed E-state index contributed by atoms with van der Waals surface area (Å²) < 4.78 is 0. The molecular formula is C7H5AlLiO5+3. The predicted octanol–water partition coefficient (Wildman–Crippen LogP) is -4.21. The molecule has 0 aromatic heterocycles. The monoisotopic (exact) mass is 203 g/mol. The molecule has 0 fully saturated rings. The molecule has 1 aromatic rings. The van der Waals surface area contributed by atoms with E-state index in [9.17, 15) is 9.90 Å². The first-order valence-corrected chi connectivity index (χ1v) is 2.98. The van der Waals surface area contributed by atoms with Crippen LogP contribution >= 0.6 is 0 Å². The molecule has 0 bridgehead atoms. The normalized spacial score (nSPS) is 8.29. The number of phenols is 3. The second kappa shape index (κ2) is 5.85. The molecule has 0 unspecified atom stereocenters. The number of carbonyl (C=O) groups excluding carboxylic acids is 1. The van der Waals surface area contributed by atoms with Crippen molar-refractivity contribution in [2.45, 2.75) is 0 Å². The average Bonchev–Trinajstić information content (AvgIpc) is 1.99. The van der Waals surface area contributed by atoms with E-state index < -0.39 is 28.8 Å². The Labute approximate surface area is 102 Å². The van der Waals surface area contributed by atoms with E-state index in [4.69, 9.17) is 15.3 Å². The Kier molecular flexibility index (Phi) is 6.55. The van der Waals surface area contributed by atoms with E-state index in [2.05, 4.69) is 0 Å². The van der Waals surface area contributed by atoms with Gasteiger partial charge in [0.2, 0.25) is 0 Å². The summed E-state index contributed by atoms with van der Waals surface area (Å²) in [6.07, 6.45) is 0. The van der Waals surface area contributed by atoms with Crippen LogP contribution in [0.2, 0.25) is 0 Å². The molecule has 0 radical (unpaired) electrons. The van der Waals surface area contributed by atoms with Crippen LogP contribution in [0.5, 0.6) is 17.2 Å². The molecule has 0 spiro atoms. The number of carbonyl (C=O) groups is 1. The number of phenolic OH excluding ortho intramolecular Hbond substituents is 3. The van der Waals surface area contributed by atoms with Gasteiger partial charge in [-0.3, -0.25) is 0 Å². The smallest absolute Gasteiger partial charge is 0.545 e. The number of hydrogen-bond donors (Lipinski definition) is 3. The van der Waals surface area contributed by atoms with E-state index in [-0.39, 0.29) is 36.2 Å².